The highest BCUT2D eigenvalue weighted by molar-refractivity contribution is 5.50. The van der Waals surface area contributed by atoms with Crippen LogP contribution in [-0.2, 0) is 4.74 Å². The summed E-state index contributed by atoms with van der Waals surface area (Å²) in [4.78, 5) is 0. The van der Waals surface area contributed by atoms with Crippen LogP contribution in [0, 0.1) is 18.7 Å². The molecule has 0 aromatic heterocycles. The van der Waals surface area contributed by atoms with E-state index in [1.165, 1.54) is 6.07 Å². The van der Waals surface area contributed by atoms with Gasteiger partial charge in [0, 0.05) is 31.0 Å². The summed E-state index contributed by atoms with van der Waals surface area (Å²) < 4.78 is 18.6. The first-order valence-electron chi connectivity index (χ1n) is 5.84. The zero-order valence-electron chi connectivity index (χ0n) is 9.63. The van der Waals surface area contributed by atoms with E-state index in [0.717, 1.165) is 38.3 Å². The summed E-state index contributed by atoms with van der Waals surface area (Å²) in [6, 6.07) is 5.17. The molecule has 1 aliphatic heterocycles. The van der Waals surface area contributed by atoms with Crippen molar-refractivity contribution in [3.05, 3.63) is 29.6 Å². The Morgan fingerprint density at radius 3 is 2.88 bits per heavy atom. The van der Waals surface area contributed by atoms with Crippen LogP contribution in [0.2, 0.25) is 0 Å². The molecule has 1 saturated heterocycles. The van der Waals surface area contributed by atoms with Crippen LogP contribution < -0.4 is 5.32 Å². The first kappa shape index (κ1) is 11.4. The number of nitrogens with one attached hydrogen (secondary N) is 1. The predicted octanol–water partition coefficient (Wildman–Crippen LogP) is 2.97. The highest BCUT2D eigenvalue weighted by Gasteiger charge is 2.13. The molecule has 1 fully saturated rings. The zero-order chi connectivity index (χ0) is 11.4. The molecule has 1 N–H and O–H groups in total. The molecule has 0 saturated carbocycles. The van der Waals surface area contributed by atoms with Crippen molar-refractivity contribution >= 4 is 5.69 Å². The van der Waals surface area contributed by atoms with Crippen molar-refractivity contribution in [3.63, 3.8) is 0 Å². The molecule has 1 heterocycles. The van der Waals surface area contributed by atoms with Gasteiger partial charge in [0.05, 0.1) is 0 Å². The number of rotatable bonds is 3. The third kappa shape index (κ3) is 2.73. The quantitative estimate of drug-likeness (QED) is 0.850. The van der Waals surface area contributed by atoms with Crippen LogP contribution in [0.25, 0.3) is 0 Å². The van der Waals surface area contributed by atoms with Crippen LogP contribution in [0.15, 0.2) is 18.2 Å². The first-order chi connectivity index (χ1) is 7.77. The lowest BCUT2D eigenvalue weighted by molar-refractivity contribution is 0.0699. The maximum atomic E-state index is 13.3. The SMILES string of the molecule is Cc1c(F)cccc1NCC1CCOCC1. The molecule has 16 heavy (non-hydrogen) atoms. The largest absolute Gasteiger partial charge is 0.384 e. The average Bonchev–Trinajstić information content (AvgIpc) is 2.32. The third-order valence-electron chi connectivity index (χ3n) is 3.19. The van der Waals surface area contributed by atoms with E-state index in [9.17, 15) is 4.39 Å². The van der Waals surface area contributed by atoms with Gasteiger partial charge in [-0.15, -0.1) is 0 Å². The molecule has 3 heteroatoms. The molecule has 0 spiro atoms. The number of hydrogen-bond acceptors (Lipinski definition) is 2. The summed E-state index contributed by atoms with van der Waals surface area (Å²) in [5.41, 5.74) is 1.61. The second-order valence-corrected chi connectivity index (χ2v) is 4.35. The lowest BCUT2D eigenvalue weighted by atomic mass is 10.0. The van der Waals surface area contributed by atoms with Gasteiger partial charge >= 0.3 is 0 Å². The minimum absolute atomic E-state index is 0.142. The van der Waals surface area contributed by atoms with Crippen LogP contribution in [0.1, 0.15) is 18.4 Å². The Bertz CT molecular complexity index is 348. The van der Waals surface area contributed by atoms with E-state index in [2.05, 4.69) is 5.32 Å². The fourth-order valence-electron chi connectivity index (χ4n) is 2.00. The maximum Gasteiger partial charge on any atom is 0.128 e. The Morgan fingerprint density at radius 1 is 1.38 bits per heavy atom. The van der Waals surface area contributed by atoms with Crippen molar-refractivity contribution in [1.82, 2.24) is 0 Å². The van der Waals surface area contributed by atoms with Gasteiger partial charge < -0.3 is 10.1 Å². The van der Waals surface area contributed by atoms with Crippen LogP contribution in [0.4, 0.5) is 10.1 Å². The fourth-order valence-corrected chi connectivity index (χ4v) is 2.00. The molecule has 1 aliphatic rings. The summed E-state index contributed by atoms with van der Waals surface area (Å²) in [6.07, 6.45) is 2.20. The third-order valence-corrected chi connectivity index (χ3v) is 3.19. The van der Waals surface area contributed by atoms with Crippen LogP contribution in [0.3, 0.4) is 0 Å². The summed E-state index contributed by atoms with van der Waals surface area (Å²) in [5.74, 6) is 0.508. The number of halogens is 1. The van der Waals surface area contributed by atoms with Gasteiger partial charge in [-0.3, -0.25) is 0 Å². The van der Waals surface area contributed by atoms with Crippen molar-refractivity contribution in [2.75, 3.05) is 25.1 Å². The van der Waals surface area contributed by atoms with E-state index in [1.807, 2.05) is 13.0 Å². The van der Waals surface area contributed by atoms with E-state index in [-0.39, 0.29) is 5.82 Å². The average molecular weight is 223 g/mol. The van der Waals surface area contributed by atoms with Crippen molar-refractivity contribution < 1.29 is 9.13 Å². The fraction of sp³-hybridized carbons (Fsp3) is 0.538. The molecule has 0 bridgehead atoms. The van der Waals surface area contributed by atoms with Crippen molar-refractivity contribution in [1.29, 1.82) is 0 Å². The topological polar surface area (TPSA) is 21.3 Å². The standard InChI is InChI=1S/C13H18FNO/c1-10-12(14)3-2-4-13(10)15-9-11-5-7-16-8-6-11/h2-4,11,15H,5-9H2,1H3. The van der Waals surface area contributed by atoms with E-state index in [4.69, 9.17) is 4.74 Å². The Morgan fingerprint density at radius 2 is 2.12 bits per heavy atom. The normalized spacial score (nSPS) is 17.4. The zero-order valence-corrected chi connectivity index (χ0v) is 9.63. The minimum atomic E-state index is -0.142. The van der Waals surface area contributed by atoms with Gasteiger partial charge in [0.15, 0.2) is 0 Å². The van der Waals surface area contributed by atoms with Crippen LogP contribution in [-0.4, -0.2) is 19.8 Å². The molecule has 0 aliphatic carbocycles. The van der Waals surface area contributed by atoms with Crippen molar-refractivity contribution in [3.8, 4) is 0 Å². The second-order valence-electron chi connectivity index (χ2n) is 4.35. The molecule has 1 aromatic rings. The van der Waals surface area contributed by atoms with E-state index in [1.54, 1.807) is 6.07 Å². The van der Waals surface area contributed by atoms with Crippen LogP contribution >= 0.6 is 0 Å². The number of hydrogen-bond donors (Lipinski definition) is 1. The van der Waals surface area contributed by atoms with Gasteiger partial charge in [-0.05, 0) is 37.8 Å². The predicted molar refractivity (Wildman–Crippen MR) is 63.2 cm³/mol. The number of ether oxygens (including phenoxy) is 1. The summed E-state index contributed by atoms with van der Waals surface area (Å²) in [7, 11) is 0. The highest BCUT2D eigenvalue weighted by atomic mass is 19.1. The number of anilines is 1. The summed E-state index contributed by atoms with van der Waals surface area (Å²) in [5, 5.41) is 3.33. The Labute approximate surface area is 95.8 Å². The lowest BCUT2D eigenvalue weighted by Crippen LogP contribution is -2.22. The highest BCUT2D eigenvalue weighted by Crippen LogP contribution is 2.20. The first-order valence-corrected chi connectivity index (χ1v) is 5.84. The molecule has 2 rings (SSSR count). The molecule has 2 nitrogen and oxygen atoms in total. The second kappa shape index (κ2) is 5.30. The Kier molecular flexibility index (Phi) is 3.78. The maximum absolute atomic E-state index is 13.3. The molecule has 1 aromatic carbocycles. The van der Waals surface area contributed by atoms with Gasteiger partial charge in [0.1, 0.15) is 5.82 Å². The molecule has 88 valence electrons. The lowest BCUT2D eigenvalue weighted by Gasteiger charge is -2.23. The van der Waals surface area contributed by atoms with E-state index in [0.29, 0.717) is 11.5 Å². The Hall–Kier alpha value is -1.09. The van der Waals surface area contributed by atoms with Gasteiger partial charge in [0.25, 0.3) is 0 Å². The van der Waals surface area contributed by atoms with Crippen LogP contribution in [0.5, 0.6) is 0 Å². The minimum Gasteiger partial charge on any atom is -0.384 e. The molecule has 0 unspecified atom stereocenters. The van der Waals surface area contributed by atoms with Gasteiger partial charge in [-0.25, -0.2) is 4.39 Å². The monoisotopic (exact) mass is 223 g/mol. The Balaban J connectivity index is 1.91. The summed E-state index contributed by atoms with van der Waals surface area (Å²) >= 11 is 0. The molecule has 0 radical (unpaired) electrons. The molecule has 0 amide bonds. The van der Waals surface area contributed by atoms with E-state index >= 15 is 0 Å². The van der Waals surface area contributed by atoms with Gasteiger partial charge in [-0.2, -0.15) is 0 Å². The number of benzene rings is 1. The van der Waals surface area contributed by atoms with Crippen molar-refractivity contribution in [2.45, 2.75) is 19.8 Å². The smallest absolute Gasteiger partial charge is 0.128 e. The van der Waals surface area contributed by atoms with Gasteiger partial charge in [0.2, 0.25) is 0 Å². The van der Waals surface area contributed by atoms with Crippen molar-refractivity contribution in [2.24, 2.45) is 5.92 Å². The van der Waals surface area contributed by atoms with Gasteiger partial charge in [-0.1, -0.05) is 6.07 Å². The van der Waals surface area contributed by atoms with E-state index < -0.39 is 0 Å². The molecule has 0 atom stereocenters. The molecular weight excluding hydrogens is 205 g/mol. The summed E-state index contributed by atoms with van der Waals surface area (Å²) in [6.45, 7) is 4.43. The molecular formula is C13H18FNO.